The molecule has 0 radical (unpaired) electrons. The van der Waals surface area contributed by atoms with Gasteiger partial charge in [0, 0.05) is 30.6 Å². The Kier molecular flexibility index (Phi) is 5.33. The third kappa shape index (κ3) is 3.89. The van der Waals surface area contributed by atoms with E-state index in [0.29, 0.717) is 34.2 Å². The maximum Gasteiger partial charge on any atom is 0.258 e. The summed E-state index contributed by atoms with van der Waals surface area (Å²) in [5, 5.41) is 8.60. The average Bonchev–Trinajstić information content (AvgIpc) is 3.42. The molecule has 0 aliphatic heterocycles. The molecule has 0 spiro atoms. The smallest absolute Gasteiger partial charge is 0.258 e. The number of rotatable bonds is 5. The molecule has 1 aliphatic carbocycles. The number of fused-ring (bicyclic) bond motifs is 1. The van der Waals surface area contributed by atoms with Crippen LogP contribution in [0, 0.1) is 5.92 Å². The molecule has 0 bridgehead atoms. The van der Waals surface area contributed by atoms with Gasteiger partial charge in [-0.2, -0.15) is 11.3 Å². The Morgan fingerprint density at radius 3 is 2.86 bits per heavy atom. The highest BCUT2D eigenvalue weighted by Crippen LogP contribution is 2.33. The van der Waals surface area contributed by atoms with Gasteiger partial charge in [-0.1, -0.05) is 11.3 Å². The summed E-state index contributed by atoms with van der Waals surface area (Å²) >= 11 is 4.09. The second-order valence-corrected chi connectivity index (χ2v) is 8.96. The van der Waals surface area contributed by atoms with E-state index in [0.717, 1.165) is 5.69 Å². The molecule has 0 fully saturated rings. The third-order valence-corrected chi connectivity index (χ3v) is 6.81. The number of amides is 2. The van der Waals surface area contributed by atoms with E-state index in [2.05, 4.69) is 15.3 Å². The van der Waals surface area contributed by atoms with Crippen molar-refractivity contribution in [1.82, 2.24) is 14.9 Å². The maximum atomic E-state index is 12.8. The van der Waals surface area contributed by atoms with Crippen molar-refractivity contribution >= 4 is 56.7 Å². The van der Waals surface area contributed by atoms with Gasteiger partial charge < -0.3 is 4.90 Å². The quantitative estimate of drug-likeness (QED) is 0.668. The topological polar surface area (TPSA) is 92.3 Å². The highest BCUT2D eigenvalue weighted by Gasteiger charge is 2.34. The van der Waals surface area contributed by atoms with Crippen molar-refractivity contribution in [2.24, 2.45) is 5.92 Å². The number of nitrogens with zero attached hydrogens (tertiary/aromatic N) is 3. The Labute approximate surface area is 173 Å². The molecule has 7 nitrogen and oxygen atoms in total. The van der Waals surface area contributed by atoms with Crippen LogP contribution in [0.1, 0.15) is 37.8 Å². The number of hydrogen-bond donors (Lipinski definition) is 1. The summed E-state index contributed by atoms with van der Waals surface area (Å²) in [6.07, 6.45) is 0.555. The first-order valence-corrected chi connectivity index (χ1v) is 11.2. The van der Waals surface area contributed by atoms with E-state index in [9.17, 15) is 14.4 Å². The molecule has 4 rings (SSSR count). The first-order chi connectivity index (χ1) is 13.5. The standard InChI is InChI=1S/C18H16N4O3S3/c1-22(6-12-8-27-9-19-12)17(25)11-4-13-15(14(23)5-11)28-18(20-13)21-16(24)10-2-3-26-7-10/h2-3,7-9,11H,4-6H2,1H3,(H,20,21,24). The van der Waals surface area contributed by atoms with E-state index >= 15 is 0 Å². The van der Waals surface area contributed by atoms with Gasteiger partial charge in [-0.15, -0.1) is 11.3 Å². The highest BCUT2D eigenvalue weighted by molar-refractivity contribution is 7.17. The minimum atomic E-state index is -0.439. The average molecular weight is 433 g/mol. The Morgan fingerprint density at radius 2 is 2.14 bits per heavy atom. The molecule has 1 atom stereocenters. The summed E-state index contributed by atoms with van der Waals surface area (Å²) in [5.41, 5.74) is 3.70. The number of ketones is 1. The Hall–Kier alpha value is -2.43. The third-order valence-electron chi connectivity index (χ3n) is 4.43. The Bertz CT molecular complexity index is 1010. The zero-order valence-electron chi connectivity index (χ0n) is 14.9. The molecule has 1 unspecified atom stereocenters. The van der Waals surface area contributed by atoms with Gasteiger partial charge in [-0.25, -0.2) is 9.97 Å². The number of carbonyl (C=O) groups is 3. The van der Waals surface area contributed by atoms with E-state index in [1.54, 1.807) is 28.9 Å². The van der Waals surface area contributed by atoms with Crippen molar-refractivity contribution in [3.63, 3.8) is 0 Å². The molecule has 1 N–H and O–H groups in total. The van der Waals surface area contributed by atoms with Gasteiger partial charge >= 0.3 is 0 Å². The molecule has 0 saturated carbocycles. The van der Waals surface area contributed by atoms with Crippen molar-refractivity contribution < 1.29 is 14.4 Å². The summed E-state index contributed by atoms with van der Waals surface area (Å²) in [5.74, 6) is -0.888. The molecule has 2 amide bonds. The monoisotopic (exact) mass is 432 g/mol. The number of anilines is 1. The Morgan fingerprint density at radius 1 is 1.29 bits per heavy atom. The van der Waals surface area contributed by atoms with Crippen LogP contribution in [-0.4, -0.2) is 39.5 Å². The molecule has 10 heteroatoms. The van der Waals surface area contributed by atoms with Crippen LogP contribution in [0.4, 0.5) is 5.13 Å². The van der Waals surface area contributed by atoms with Gasteiger partial charge in [0.05, 0.1) is 39.8 Å². The van der Waals surface area contributed by atoms with Crippen LogP contribution in [0.3, 0.4) is 0 Å². The van der Waals surface area contributed by atoms with E-state index in [1.807, 2.05) is 10.8 Å². The predicted molar refractivity (Wildman–Crippen MR) is 109 cm³/mol. The molecule has 3 aromatic rings. The Balaban J connectivity index is 1.45. The number of nitrogens with one attached hydrogen (secondary N) is 1. The number of carbonyl (C=O) groups excluding carboxylic acids is 3. The van der Waals surface area contributed by atoms with Crippen LogP contribution in [-0.2, 0) is 17.8 Å². The number of aromatic nitrogens is 2. The fourth-order valence-corrected chi connectivity index (χ4v) is 5.19. The highest BCUT2D eigenvalue weighted by atomic mass is 32.1. The van der Waals surface area contributed by atoms with E-state index < -0.39 is 5.92 Å². The molecule has 0 saturated heterocycles. The minimum Gasteiger partial charge on any atom is -0.340 e. The SMILES string of the molecule is CN(Cc1cscn1)C(=O)C1CC(=O)c2sc(NC(=O)c3ccsc3)nc2C1. The lowest BCUT2D eigenvalue weighted by Crippen LogP contribution is -2.36. The summed E-state index contributed by atoms with van der Waals surface area (Å²) < 4.78 is 0. The molecule has 3 aromatic heterocycles. The van der Waals surface area contributed by atoms with Gasteiger partial charge in [0.2, 0.25) is 5.91 Å². The predicted octanol–water partition coefficient (Wildman–Crippen LogP) is 3.32. The minimum absolute atomic E-state index is 0.0936. The summed E-state index contributed by atoms with van der Waals surface area (Å²) in [7, 11) is 1.72. The van der Waals surface area contributed by atoms with E-state index in [4.69, 9.17) is 0 Å². The lowest BCUT2D eigenvalue weighted by molar-refractivity contribution is -0.134. The van der Waals surface area contributed by atoms with E-state index in [-0.39, 0.29) is 24.0 Å². The summed E-state index contributed by atoms with van der Waals surface area (Å²) in [4.78, 5) is 48.3. The van der Waals surface area contributed by atoms with Gasteiger partial charge in [0.1, 0.15) is 0 Å². The van der Waals surface area contributed by atoms with Crippen molar-refractivity contribution in [2.45, 2.75) is 19.4 Å². The number of thiazole rings is 2. The lowest BCUT2D eigenvalue weighted by Gasteiger charge is -2.24. The molecule has 28 heavy (non-hydrogen) atoms. The number of hydrogen-bond acceptors (Lipinski definition) is 8. The van der Waals surface area contributed by atoms with Crippen LogP contribution < -0.4 is 5.32 Å². The van der Waals surface area contributed by atoms with Gasteiger partial charge in [0.25, 0.3) is 5.91 Å². The van der Waals surface area contributed by atoms with Gasteiger partial charge in [-0.3, -0.25) is 19.7 Å². The molecular weight excluding hydrogens is 416 g/mol. The zero-order chi connectivity index (χ0) is 19.7. The fourth-order valence-electron chi connectivity index (χ4n) is 3.07. The van der Waals surface area contributed by atoms with Gasteiger partial charge in [0.15, 0.2) is 10.9 Å². The summed E-state index contributed by atoms with van der Waals surface area (Å²) in [6, 6.07) is 1.73. The van der Waals surface area contributed by atoms with Crippen molar-refractivity contribution in [3.8, 4) is 0 Å². The molecule has 144 valence electrons. The van der Waals surface area contributed by atoms with E-state index in [1.165, 1.54) is 34.0 Å². The molecule has 1 aliphatic rings. The first-order valence-electron chi connectivity index (χ1n) is 8.49. The maximum absolute atomic E-state index is 12.8. The van der Waals surface area contributed by atoms with Crippen LogP contribution >= 0.6 is 34.0 Å². The van der Waals surface area contributed by atoms with Gasteiger partial charge in [-0.05, 0) is 11.4 Å². The van der Waals surface area contributed by atoms with Crippen LogP contribution in [0.2, 0.25) is 0 Å². The second kappa shape index (κ2) is 7.90. The lowest BCUT2D eigenvalue weighted by atomic mass is 9.89. The largest absolute Gasteiger partial charge is 0.340 e. The zero-order valence-corrected chi connectivity index (χ0v) is 17.3. The van der Waals surface area contributed by atoms with Crippen LogP contribution in [0.15, 0.2) is 27.7 Å². The molecular formula is C18H16N4O3S3. The molecule has 0 aromatic carbocycles. The fraction of sp³-hybridized carbons (Fsp3) is 0.278. The van der Waals surface area contributed by atoms with Crippen LogP contribution in [0.5, 0.6) is 0 Å². The normalized spacial score (nSPS) is 15.9. The second-order valence-electron chi connectivity index (χ2n) is 6.46. The molecule has 3 heterocycles. The van der Waals surface area contributed by atoms with Crippen molar-refractivity contribution in [3.05, 3.63) is 49.5 Å². The number of thiophene rings is 1. The first kappa shape index (κ1) is 18.9. The van der Waals surface area contributed by atoms with Crippen molar-refractivity contribution in [2.75, 3.05) is 12.4 Å². The number of Topliss-reactive ketones (excluding diaryl/α,β-unsaturated/α-hetero) is 1. The summed E-state index contributed by atoms with van der Waals surface area (Å²) in [6.45, 7) is 0.416. The van der Waals surface area contributed by atoms with Crippen LogP contribution in [0.25, 0.3) is 0 Å². The van der Waals surface area contributed by atoms with Crippen molar-refractivity contribution in [1.29, 1.82) is 0 Å².